The fourth-order valence-electron chi connectivity index (χ4n) is 3.75. The molecule has 1 fully saturated rings. The Kier molecular flexibility index (Phi) is 10.6. The molecule has 1 aliphatic rings. The van der Waals surface area contributed by atoms with Crippen molar-refractivity contribution in [3.63, 3.8) is 0 Å². The highest BCUT2D eigenvalue weighted by atomic mass is 16.5. The van der Waals surface area contributed by atoms with Gasteiger partial charge in [0.15, 0.2) is 5.96 Å². The molecule has 0 amide bonds. The molecule has 30 heavy (non-hydrogen) atoms. The monoisotopic (exact) mass is 422 g/mol. The lowest BCUT2D eigenvalue weighted by Crippen LogP contribution is -2.49. The average molecular weight is 423 g/mol. The van der Waals surface area contributed by atoms with E-state index in [4.69, 9.17) is 18.9 Å². The number of nitrogens with zero attached hydrogens (tertiary/aromatic N) is 2. The molecule has 0 saturated carbocycles. The van der Waals surface area contributed by atoms with E-state index in [0.29, 0.717) is 18.3 Å². The number of ether oxygens (including phenoxy) is 4. The number of methoxy groups -OCH3 is 4. The molecular formula is C22H38N4O4. The number of aliphatic imine (C=N–C) groups is 1. The van der Waals surface area contributed by atoms with E-state index in [1.165, 1.54) is 0 Å². The van der Waals surface area contributed by atoms with Crippen LogP contribution in [0.2, 0.25) is 0 Å². The maximum Gasteiger partial charge on any atom is 0.191 e. The molecule has 0 aromatic heterocycles. The summed E-state index contributed by atoms with van der Waals surface area (Å²) in [5.41, 5.74) is 1.01. The molecule has 0 unspecified atom stereocenters. The topological polar surface area (TPSA) is 76.6 Å². The van der Waals surface area contributed by atoms with Gasteiger partial charge in [0.05, 0.1) is 21.3 Å². The molecule has 1 heterocycles. The van der Waals surface area contributed by atoms with Crippen molar-refractivity contribution in [2.75, 3.05) is 68.3 Å². The van der Waals surface area contributed by atoms with Crippen LogP contribution in [-0.2, 0) is 11.2 Å². The van der Waals surface area contributed by atoms with Gasteiger partial charge < -0.3 is 34.5 Å². The fraction of sp³-hybridized carbons (Fsp3) is 0.682. The number of nitrogens with one attached hydrogen (secondary N) is 2. The van der Waals surface area contributed by atoms with Crippen LogP contribution >= 0.6 is 0 Å². The van der Waals surface area contributed by atoms with E-state index >= 15 is 0 Å². The highest BCUT2D eigenvalue weighted by molar-refractivity contribution is 5.80. The Labute approximate surface area is 180 Å². The summed E-state index contributed by atoms with van der Waals surface area (Å²) in [4.78, 5) is 6.90. The maximum absolute atomic E-state index is 5.53. The Bertz CT molecular complexity index is 636. The van der Waals surface area contributed by atoms with Crippen LogP contribution in [0.1, 0.15) is 24.8 Å². The molecule has 0 atom stereocenters. The normalized spacial score (nSPS) is 15.7. The number of piperidine rings is 1. The van der Waals surface area contributed by atoms with Gasteiger partial charge in [-0.1, -0.05) is 0 Å². The largest absolute Gasteiger partial charge is 0.496 e. The van der Waals surface area contributed by atoms with Gasteiger partial charge in [0, 0.05) is 70.7 Å². The maximum atomic E-state index is 5.53. The summed E-state index contributed by atoms with van der Waals surface area (Å²) < 4.78 is 21.5. The third-order valence-electron chi connectivity index (χ3n) is 5.46. The predicted octanol–water partition coefficient (Wildman–Crippen LogP) is 1.92. The first-order chi connectivity index (χ1) is 14.6. The average Bonchev–Trinajstić information content (AvgIpc) is 2.79. The highest BCUT2D eigenvalue weighted by Gasteiger charge is 2.20. The fourth-order valence-corrected chi connectivity index (χ4v) is 3.75. The van der Waals surface area contributed by atoms with E-state index in [-0.39, 0.29) is 0 Å². The lowest BCUT2D eigenvalue weighted by Gasteiger charge is -2.33. The molecular weight excluding hydrogens is 384 g/mol. The minimum Gasteiger partial charge on any atom is -0.496 e. The molecule has 1 saturated heterocycles. The molecule has 0 radical (unpaired) electrons. The second-order valence-electron chi connectivity index (χ2n) is 7.37. The Morgan fingerprint density at radius 2 is 1.73 bits per heavy atom. The standard InChI is InChI=1S/C22H38N4O4/c1-23-22(25-17-8-12-26(13-9-17)11-6-14-27-2)24-10-7-19-20(29-4)15-18(28-3)16-21(19)30-5/h15-17H,6-14H2,1-5H3,(H2,23,24,25). The van der Waals surface area contributed by atoms with Crippen LogP contribution in [0.25, 0.3) is 0 Å². The minimum absolute atomic E-state index is 0.444. The third kappa shape index (κ3) is 7.25. The molecule has 170 valence electrons. The van der Waals surface area contributed by atoms with E-state index in [1.54, 1.807) is 28.4 Å². The molecule has 2 rings (SSSR count). The number of rotatable bonds is 11. The Balaban J connectivity index is 1.82. The first kappa shape index (κ1) is 24.1. The van der Waals surface area contributed by atoms with Gasteiger partial charge in [-0.3, -0.25) is 4.99 Å². The lowest BCUT2D eigenvalue weighted by atomic mass is 10.1. The van der Waals surface area contributed by atoms with Crippen molar-refractivity contribution in [2.24, 2.45) is 4.99 Å². The molecule has 2 N–H and O–H groups in total. The van der Waals surface area contributed by atoms with Gasteiger partial charge in [-0.25, -0.2) is 0 Å². The molecule has 0 spiro atoms. The van der Waals surface area contributed by atoms with Crippen LogP contribution in [-0.4, -0.2) is 85.2 Å². The van der Waals surface area contributed by atoms with Crippen LogP contribution in [0.15, 0.2) is 17.1 Å². The predicted molar refractivity (Wildman–Crippen MR) is 120 cm³/mol. The van der Waals surface area contributed by atoms with Crippen molar-refractivity contribution >= 4 is 5.96 Å². The van der Waals surface area contributed by atoms with Crippen molar-refractivity contribution in [3.05, 3.63) is 17.7 Å². The van der Waals surface area contributed by atoms with Gasteiger partial charge in [-0.05, 0) is 25.7 Å². The number of likely N-dealkylation sites (tertiary alicyclic amines) is 1. The number of hydrogen-bond acceptors (Lipinski definition) is 6. The molecule has 8 nitrogen and oxygen atoms in total. The number of benzene rings is 1. The summed E-state index contributed by atoms with van der Waals surface area (Å²) in [5.74, 6) is 3.07. The van der Waals surface area contributed by atoms with Gasteiger partial charge in [-0.15, -0.1) is 0 Å². The second kappa shape index (κ2) is 13.2. The molecule has 1 aromatic rings. The van der Waals surface area contributed by atoms with E-state index in [0.717, 1.165) is 74.9 Å². The van der Waals surface area contributed by atoms with Crippen molar-refractivity contribution in [1.29, 1.82) is 0 Å². The van der Waals surface area contributed by atoms with Gasteiger partial charge >= 0.3 is 0 Å². The smallest absolute Gasteiger partial charge is 0.191 e. The Morgan fingerprint density at radius 1 is 1.07 bits per heavy atom. The summed E-state index contributed by atoms with van der Waals surface area (Å²) in [6.07, 6.45) is 4.08. The third-order valence-corrected chi connectivity index (χ3v) is 5.46. The van der Waals surface area contributed by atoms with E-state index < -0.39 is 0 Å². The van der Waals surface area contributed by atoms with Crippen molar-refractivity contribution in [3.8, 4) is 17.2 Å². The Morgan fingerprint density at radius 3 is 2.27 bits per heavy atom. The van der Waals surface area contributed by atoms with Gasteiger partial charge in [0.25, 0.3) is 0 Å². The minimum atomic E-state index is 0.444. The molecule has 0 bridgehead atoms. The van der Waals surface area contributed by atoms with E-state index in [1.807, 2.05) is 19.2 Å². The second-order valence-corrected chi connectivity index (χ2v) is 7.37. The van der Waals surface area contributed by atoms with Crippen LogP contribution < -0.4 is 24.8 Å². The van der Waals surface area contributed by atoms with Gasteiger partial charge in [0.1, 0.15) is 17.2 Å². The number of guanidine groups is 1. The van der Waals surface area contributed by atoms with Crippen LogP contribution in [0.5, 0.6) is 17.2 Å². The molecule has 0 aliphatic carbocycles. The zero-order chi connectivity index (χ0) is 21.8. The van der Waals surface area contributed by atoms with Crippen molar-refractivity contribution in [2.45, 2.75) is 31.7 Å². The zero-order valence-electron chi connectivity index (χ0n) is 19.1. The molecule has 8 heteroatoms. The first-order valence-electron chi connectivity index (χ1n) is 10.6. The van der Waals surface area contributed by atoms with Crippen LogP contribution in [0.4, 0.5) is 0 Å². The summed E-state index contributed by atoms with van der Waals surface area (Å²) in [7, 11) is 8.52. The summed E-state index contributed by atoms with van der Waals surface area (Å²) >= 11 is 0. The van der Waals surface area contributed by atoms with Gasteiger partial charge in [-0.2, -0.15) is 0 Å². The van der Waals surface area contributed by atoms with E-state index in [2.05, 4.69) is 20.5 Å². The van der Waals surface area contributed by atoms with Gasteiger partial charge in [0.2, 0.25) is 0 Å². The highest BCUT2D eigenvalue weighted by Crippen LogP contribution is 2.34. The Hall–Kier alpha value is -2.19. The quantitative estimate of drug-likeness (QED) is 0.321. The van der Waals surface area contributed by atoms with Crippen LogP contribution in [0, 0.1) is 0 Å². The summed E-state index contributed by atoms with van der Waals surface area (Å²) in [6, 6.07) is 4.20. The van der Waals surface area contributed by atoms with E-state index in [9.17, 15) is 0 Å². The lowest BCUT2D eigenvalue weighted by molar-refractivity contribution is 0.155. The molecule has 1 aromatic carbocycles. The van der Waals surface area contributed by atoms with Crippen molar-refractivity contribution < 1.29 is 18.9 Å². The SMILES string of the molecule is CN=C(NCCc1c(OC)cc(OC)cc1OC)NC1CCN(CCCOC)CC1. The summed E-state index contributed by atoms with van der Waals surface area (Å²) in [6.45, 7) is 4.88. The zero-order valence-corrected chi connectivity index (χ0v) is 19.1. The first-order valence-corrected chi connectivity index (χ1v) is 10.6. The van der Waals surface area contributed by atoms with Crippen molar-refractivity contribution in [1.82, 2.24) is 15.5 Å². The number of hydrogen-bond donors (Lipinski definition) is 2. The van der Waals surface area contributed by atoms with Crippen LogP contribution in [0.3, 0.4) is 0 Å². The summed E-state index contributed by atoms with van der Waals surface area (Å²) in [5, 5.41) is 6.98. The molecule has 1 aliphatic heterocycles.